The molecular weight excluding hydrogens is 288 g/mol. The number of hydrogen-bond donors (Lipinski definition) is 0. The molecule has 0 radical (unpaired) electrons. The first-order valence-corrected chi connectivity index (χ1v) is 6.47. The molecule has 0 aliphatic rings. The standard InChI is InChI=1S/C13H12N6O3/c1-8-12(19(20)21)9(2)18(17-8)7-11-15-16-13(22-11)10-3-5-14-6-4-10/h3-6H,7H2,1-2H3. The normalized spacial score (nSPS) is 10.8. The Morgan fingerprint density at radius 3 is 2.64 bits per heavy atom. The van der Waals surface area contributed by atoms with Crippen molar-refractivity contribution in [3.8, 4) is 11.5 Å². The largest absolute Gasteiger partial charge is 0.419 e. The Morgan fingerprint density at radius 1 is 1.27 bits per heavy atom. The Balaban J connectivity index is 1.88. The van der Waals surface area contributed by atoms with Crippen LogP contribution >= 0.6 is 0 Å². The van der Waals surface area contributed by atoms with Crippen LogP contribution in [0.1, 0.15) is 17.3 Å². The van der Waals surface area contributed by atoms with Gasteiger partial charge in [0.1, 0.15) is 17.9 Å². The number of aryl methyl sites for hydroxylation is 1. The van der Waals surface area contributed by atoms with Crippen LogP contribution in [0.4, 0.5) is 5.69 Å². The smallest absolute Gasteiger partial charge is 0.312 e. The molecule has 9 nitrogen and oxygen atoms in total. The maximum absolute atomic E-state index is 11.0. The molecule has 0 N–H and O–H groups in total. The summed E-state index contributed by atoms with van der Waals surface area (Å²) in [5.74, 6) is 0.695. The Hall–Kier alpha value is -3.10. The second-order valence-electron chi connectivity index (χ2n) is 4.67. The number of hydrogen-bond acceptors (Lipinski definition) is 7. The summed E-state index contributed by atoms with van der Waals surface area (Å²) >= 11 is 0. The lowest BCUT2D eigenvalue weighted by atomic mass is 10.3. The Bertz CT molecular complexity index is 824. The highest BCUT2D eigenvalue weighted by Crippen LogP contribution is 2.23. The maximum atomic E-state index is 11.0. The van der Waals surface area contributed by atoms with Gasteiger partial charge in [-0.1, -0.05) is 0 Å². The molecule has 3 rings (SSSR count). The van der Waals surface area contributed by atoms with Crippen LogP contribution in [-0.4, -0.2) is 29.9 Å². The minimum atomic E-state index is -0.440. The number of nitrogens with zero attached hydrogens (tertiary/aromatic N) is 6. The van der Waals surface area contributed by atoms with Crippen molar-refractivity contribution in [3.63, 3.8) is 0 Å². The van der Waals surface area contributed by atoms with Crippen molar-refractivity contribution in [1.29, 1.82) is 0 Å². The number of rotatable bonds is 4. The SMILES string of the molecule is Cc1nn(Cc2nnc(-c3ccncc3)o2)c(C)c1[N+](=O)[O-]. The average molecular weight is 300 g/mol. The van der Waals surface area contributed by atoms with Gasteiger partial charge < -0.3 is 4.42 Å². The summed E-state index contributed by atoms with van der Waals surface area (Å²) < 4.78 is 7.04. The summed E-state index contributed by atoms with van der Waals surface area (Å²) in [4.78, 5) is 14.5. The minimum Gasteiger partial charge on any atom is -0.419 e. The molecule has 0 fully saturated rings. The van der Waals surface area contributed by atoms with E-state index >= 15 is 0 Å². The van der Waals surface area contributed by atoms with E-state index in [4.69, 9.17) is 4.42 Å². The fraction of sp³-hybridized carbons (Fsp3) is 0.231. The zero-order chi connectivity index (χ0) is 15.7. The van der Waals surface area contributed by atoms with Crippen molar-refractivity contribution in [1.82, 2.24) is 25.0 Å². The quantitative estimate of drug-likeness (QED) is 0.534. The van der Waals surface area contributed by atoms with Gasteiger partial charge in [0.15, 0.2) is 0 Å². The predicted molar refractivity (Wildman–Crippen MR) is 75.0 cm³/mol. The van der Waals surface area contributed by atoms with Gasteiger partial charge in [-0.25, -0.2) is 0 Å². The molecule has 0 spiro atoms. The molecule has 112 valence electrons. The summed E-state index contributed by atoms with van der Waals surface area (Å²) in [6.07, 6.45) is 3.26. The van der Waals surface area contributed by atoms with Gasteiger partial charge in [-0.3, -0.25) is 19.8 Å². The minimum absolute atomic E-state index is 0.00822. The zero-order valence-corrected chi connectivity index (χ0v) is 11.9. The predicted octanol–water partition coefficient (Wildman–Crippen LogP) is 1.90. The van der Waals surface area contributed by atoms with Gasteiger partial charge in [0.25, 0.3) is 0 Å². The fourth-order valence-corrected chi connectivity index (χ4v) is 2.16. The average Bonchev–Trinajstić information content (AvgIpc) is 3.06. The third kappa shape index (κ3) is 2.43. The van der Waals surface area contributed by atoms with E-state index in [1.807, 2.05) is 0 Å². The monoisotopic (exact) mass is 300 g/mol. The van der Waals surface area contributed by atoms with Crippen LogP contribution in [-0.2, 0) is 6.54 Å². The molecule has 3 aromatic heterocycles. The van der Waals surface area contributed by atoms with E-state index in [0.717, 1.165) is 5.56 Å². The summed E-state index contributed by atoms with van der Waals surface area (Å²) in [5.41, 5.74) is 1.57. The van der Waals surface area contributed by atoms with E-state index in [-0.39, 0.29) is 12.2 Å². The molecule has 0 unspecified atom stereocenters. The van der Waals surface area contributed by atoms with Crippen molar-refractivity contribution in [2.75, 3.05) is 0 Å². The van der Waals surface area contributed by atoms with Crippen LogP contribution in [0.25, 0.3) is 11.5 Å². The molecule has 0 saturated carbocycles. The third-order valence-corrected chi connectivity index (χ3v) is 3.21. The highest BCUT2D eigenvalue weighted by molar-refractivity contribution is 5.50. The molecule has 0 amide bonds. The summed E-state index contributed by atoms with van der Waals surface area (Å²) in [6.45, 7) is 3.41. The van der Waals surface area contributed by atoms with E-state index in [9.17, 15) is 10.1 Å². The van der Waals surface area contributed by atoms with Gasteiger partial charge >= 0.3 is 5.69 Å². The molecule has 0 bridgehead atoms. The molecule has 0 aliphatic carbocycles. The van der Waals surface area contributed by atoms with Crippen molar-refractivity contribution < 1.29 is 9.34 Å². The lowest BCUT2D eigenvalue weighted by Crippen LogP contribution is -2.04. The fourth-order valence-electron chi connectivity index (χ4n) is 2.16. The molecule has 3 heterocycles. The topological polar surface area (TPSA) is 113 Å². The molecule has 0 aromatic carbocycles. The van der Waals surface area contributed by atoms with Gasteiger partial charge in [-0.15, -0.1) is 10.2 Å². The number of aromatic nitrogens is 5. The molecule has 22 heavy (non-hydrogen) atoms. The Kier molecular flexibility index (Phi) is 3.37. The van der Waals surface area contributed by atoms with E-state index in [1.165, 1.54) is 4.68 Å². The second kappa shape index (κ2) is 5.35. The maximum Gasteiger partial charge on any atom is 0.312 e. The second-order valence-corrected chi connectivity index (χ2v) is 4.67. The first kappa shape index (κ1) is 13.9. The lowest BCUT2D eigenvalue weighted by Gasteiger charge is -1.98. The van der Waals surface area contributed by atoms with Crippen molar-refractivity contribution in [2.45, 2.75) is 20.4 Å². The molecule has 0 saturated heterocycles. The van der Waals surface area contributed by atoms with E-state index in [1.54, 1.807) is 38.4 Å². The van der Waals surface area contributed by atoms with Gasteiger partial charge in [-0.05, 0) is 26.0 Å². The van der Waals surface area contributed by atoms with E-state index in [2.05, 4.69) is 20.3 Å². The van der Waals surface area contributed by atoms with Gasteiger partial charge in [0.05, 0.1) is 4.92 Å². The Morgan fingerprint density at radius 2 is 2.00 bits per heavy atom. The Labute approximate surface area is 124 Å². The van der Waals surface area contributed by atoms with Crippen LogP contribution in [0.2, 0.25) is 0 Å². The zero-order valence-electron chi connectivity index (χ0n) is 11.9. The van der Waals surface area contributed by atoms with Crippen LogP contribution in [0.5, 0.6) is 0 Å². The van der Waals surface area contributed by atoms with Crippen LogP contribution < -0.4 is 0 Å². The third-order valence-electron chi connectivity index (χ3n) is 3.21. The lowest BCUT2D eigenvalue weighted by molar-refractivity contribution is -0.386. The number of pyridine rings is 1. The van der Waals surface area contributed by atoms with Gasteiger partial charge in [0.2, 0.25) is 11.8 Å². The van der Waals surface area contributed by atoms with Gasteiger partial charge in [0, 0.05) is 18.0 Å². The van der Waals surface area contributed by atoms with Crippen molar-refractivity contribution >= 4 is 5.69 Å². The first-order chi connectivity index (χ1) is 10.6. The highest BCUT2D eigenvalue weighted by Gasteiger charge is 2.22. The molecule has 9 heteroatoms. The highest BCUT2D eigenvalue weighted by atomic mass is 16.6. The van der Waals surface area contributed by atoms with Crippen LogP contribution in [0.3, 0.4) is 0 Å². The summed E-state index contributed by atoms with van der Waals surface area (Å²) in [7, 11) is 0. The molecular formula is C13H12N6O3. The molecule has 0 aliphatic heterocycles. The van der Waals surface area contributed by atoms with Crippen molar-refractivity contribution in [3.05, 3.63) is 51.9 Å². The van der Waals surface area contributed by atoms with Crippen LogP contribution in [0.15, 0.2) is 28.9 Å². The summed E-state index contributed by atoms with van der Waals surface area (Å²) in [5, 5.41) is 23.0. The molecule has 0 atom stereocenters. The van der Waals surface area contributed by atoms with E-state index < -0.39 is 4.92 Å². The van der Waals surface area contributed by atoms with E-state index in [0.29, 0.717) is 23.2 Å². The first-order valence-electron chi connectivity index (χ1n) is 6.47. The van der Waals surface area contributed by atoms with Gasteiger partial charge in [-0.2, -0.15) is 5.10 Å². The number of nitro groups is 1. The summed E-state index contributed by atoms with van der Waals surface area (Å²) in [6, 6.07) is 3.51. The van der Waals surface area contributed by atoms with Crippen molar-refractivity contribution in [2.24, 2.45) is 0 Å². The molecule has 3 aromatic rings. The van der Waals surface area contributed by atoms with Crippen LogP contribution in [0, 0.1) is 24.0 Å².